The van der Waals surface area contributed by atoms with Crippen LogP contribution in [-0.4, -0.2) is 14.9 Å². The third kappa shape index (κ3) is 2.43. The average Bonchev–Trinajstić information content (AvgIpc) is 2.83. The van der Waals surface area contributed by atoms with Crippen LogP contribution in [0.5, 0.6) is 0 Å². The predicted octanol–water partition coefficient (Wildman–Crippen LogP) is 3.70. The maximum atomic E-state index is 10.6. The lowest BCUT2D eigenvalue weighted by Crippen LogP contribution is -2.20. The predicted molar refractivity (Wildman–Crippen MR) is 71.8 cm³/mol. The second-order valence-electron chi connectivity index (χ2n) is 5.43. The van der Waals surface area contributed by atoms with E-state index >= 15 is 0 Å². The Labute approximate surface area is 111 Å². The van der Waals surface area contributed by atoms with E-state index in [0.29, 0.717) is 11.8 Å². The molecule has 1 aromatic heterocycles. The minimum Gasteiger partial charge on any atom is -0.386 e. The summed E-state index contributed by atoms with van der Waals surface area (Å²) >= 11 is 3.51. The second kappa shape index (κ2) is 5.11. The van der Waals surface area contributed by atoms with Gasteiger partial charge < -0.3 is 5.11 Å². The Balaban J connectivity index is 2.29. The molecule has 0 amide bonds. The molecule has 0 spiro atoms. The fourth-order valence-corrected chi connectivity index (χ4v) is 3.39. The Morgan fingerprint density at radius 1 is 1.47 bits per heavy atom. The van der Waals surface area contributed by atoms with Crippen LogP contribution < -0.4 is 0 Å². The zero-order valence-electron chi connectivity index (χ0n) is 10.7. The molecule has 1 fully saturated rings. The van der Waals surface area contributed by atoms with E-state index in [0.717, 1.165) is 16.6 Å². The molecular formula is C13H21BrN2O. The summed E-state index contributed by atoms with van der Waals surface area (Å²) in [5, 5.41) is 14.9. The topological polar surface area (TPSA) is 38.1 Å². The van der Waals surface area contributed by atoms with Gasteiger partial charge in [0.15, 0.2) is 0 Å². The van der Waals surface area contributed by atoms with E-state index in [-0.39, 0.29) is 6.04 Å². The number of nitrogens with zero attached hydrogens (tertiary/aromatic N) is 2. The van der Waals surface area contributed by atoms with Gasteiger partial charge in [-0.15, -0.1) is 0 Å². The number of aliphatic hydroxyl groups excluding tert-OH is 1. The highest BCUT2D eigenvalue weighted by Crippen LogP contribution is 2.42. The largest absolute Gasteiger partial charge is 0.386 e. The Kier molecular flexibility index (Phi) is 3.93. The van der Waals surface area contributed by atoms with Crippen LogP contribution in [0.1, 0.15) is 57.9 Å². The quantitative estimate of drug-likeness (QED) is 0.924. The lowest BCUT2D eigenvalue weighted by Gasteiger charge is -2.24. The summed E-state index contributed by atoms with van der Waals surface area (Å²) in [5.74, 6) is 0.980. The standard InChI is InChI=1S/C13H21BrN2O/c1-8(2)16-12(11(14)7-15-16)13(17)10-6-4-5-9(10)3/h7-10,13,17H,4-6H2,1-3H3. The molecule has 1 N–H and O–H groups in total. The Morgan fingerprint density at radius 2 is 2.18 bits per heavy atom. The van der Waals surface area contributed by atoms with E-state index in [9.17, 15) is 5.11 Å². The highest BCUT2D eigenvalue weighted by Gasteiger charge is 2.33. The second-order valence-corrected chi connectivity index (χ2v) is 6.29. The summed E-state index contributed by atoms with van der Waals surface area (Å²) in [6.45, 7) is 6.42. The van der Waals surface area contributed by atoms with Gasteiger partial charge in [0.1, 0.15) is 0 Å². The van der Waals surface area contributed by atoms with Crippen LogP contribution in [0, 0.1) is 11.8 Å². The molecule has 0 bridgehead atoms. The third-order valence-electron chi connectivity index (χ3n) is 3.89. The monoisotopic (exact) mass is 300 g/mol. The number of aromatic nitrogens is 2. The minimum atomic E-state index is -0.397. The normalized spacial score (nSPS) is 26.7. The van der Waals surface area contributed by atoms with Crippen LogP contribution in [0.2, 0.25) is 0 Å². The van der Waals surface area contributed by atoms with Gasteiger partial charge in [0, 0.05) is 6.04 Å². The first-order valence-electron chi connectivity index (χ1n) is 6.43. The van der Waals surface area contributed by atoms with E-state index in [1.807, 2.05) is 4.68 Å². The average molecular weight is 301 g/mol. The molecule has 3 nitrogen and oxygen atoms in total. The van der Waals surface area contributed by atoms with Crippen molar-refractivity contribution in [2.45, 2.75) is 52.2 Å². The van der Waals surface area contributed by atoms with Crippen LogP contribution in [0.25, 0.3) is 0 Å². The van der Waals surface area contributed by atoms with Crippen molar-refractivity contribution in [3.63, 3.8) is 0 Å². The van der Waals surface area contributed by atoms with Gasteiger partial charge in [0.2, 0.25) is 0 Å². The Morgan fingerprint density at radius 3 is 2.71 bits per heavy atom. The summed E-state index contributed by atoms with van der Waals surface area (Å²) < 4.78 is 2.86. The van der Waals surface area contributed by atoms with Crippen molar-refractivity contribution in [2.24, 2.45) is 11.8 Å². The molecule has 0 aliphatic heterocycles. The Bertz CT molecular complexity index is 389. The molecule has 0 saturated heterocycles. The zero-order valence-corrected chi connectivity index (χ0v) is 12.3. The number of aliphatic hydroxyl groups is 1. The summed E-state index contributed by atoms with van der Waals surface area (Å²) in [5.41, 5.74) is 0.943. The maximum absolute atomic E-state index is 10.6. The minimum absolute atomic E-state index is 0.280. The molecular weight excluding hydrogens is 280 g/mol. The number of halogens is 1. The van der Waals surface area contributed by atoms with Gasteiger partial charge in [-0.2, -0.15) is 5.10 Å². The maximum Gasteiger partial charge on any atom is 0.0998 e. The fourth-order valence-electron chi connectivity index (χ4n) is 2.88. The van der Waals surface area contributed by atoms with E-state index in [4.69, 9.17) is 0 Å². The van der Waals surface area contributed by atoms with Crippen LogP contribution in [0.15, 0.2) is 10.7 Å². The summed E-state index contributed by atoms with van der Waals surface area (Å²) in [6.07, 6.45) is 4.98. The van der Waals surface area contributed by atoms with Crippen molar-refractivity contribution < 1.29 is 5.11 Å². The molecule has 0 aromatic carbocycles. The Hall–Kier alpha value is -0.350. The molecule has 3 unspecified atom stereocenters. The molecule has 1 aromatic rings. The first kappa shape index (κ1) is 13.1. The van der Waals surface area contributed by atoms with Crippen LogP contribution in [0.3, 0.4) is 0 Å². The van der Waals surface area contributed by atoms with Gasteiger partial charge in [-0.05, 0) is 48.0 Å². The SMILES string of the molecule is CC1CCCC1C(O)c1c(Br)cnn1C(C)C. The van der Waals surface area contributed by atoms with Gasteiger partial charge in [0.25, 0.3) is 0 Å². The van der Waals surface area contributed by atoms with Gasteiger partial charge in [-0.1, -0.05) is 19.8 Å². The highest BCUT2D eigenvalue weighted by molar-refractivity contribution is 9.10. The number of hydrogen-bond acceptors (Lipinski definition) is 2. The molecule has 1 saturated carbocycles. The number of rotatable bonds is 3. The van der Waals surface area contributed by atoms with Crippen molar-refractivity contribution in [3.05, 3.63) is 16.4 Å². The molecule has 0 radical (unpaired) electrons. The van der Waals surface area contributed by atoms with Gasteiger partial charge in [-0.25, -0.2) is 0 Å². The molecule has 96 valence electrons. The molecule has 3 atom stereocenters. The first-order chi connectivity index (χ1) is 8.02. The molecule has 1 aliphatic carbocycles. The molecule has 1 aliphatic rings. The van der Waals surface area contributed by atoms with Crippen molar-refractivity contribution in [3.8, 4) is 0 Å². The van der Waals surface area contributed by atoms with Crippen molar-refractivity contribution in [2.75, 3.05) is 0 Å². The zero-order chi connectivity index (χ0) is 12.6. The van der Waals surface area contributed by atoms with E-state index in [1.165, 1.54) is 12.8 Å². The van der Waals surface area contributed by atoms with Crippen LogP contribution in [0.4, 0.5) is 0 Å². The van der Waals surface area contributed by atoms with E-state index in [1.54, 1.807) is 6.20 Å². The smallest absolute Gasteiger partial charge is 0.0998 e. The molecule has 17 heavy (non-hydrogen) atoms. The van der Waals surface area contributed by atoms with Crippen molar-refractivity contribution >= 4 is 15.9 Å². The van der Waals surface area contributed by atoms with E-state index < -0.39 is 6.10 Å². The lowest BCUT2D eigenvalue weighted by molar-refractivity contribution is 0.0797. The summed E-state index contributed by atoms with van der Waals surface area (Å²) in [7, 11) is 0. The molecule has 1 heterocycles. The fraction of sp³-hybridized carbons (Fsp3) is 0.769. The third-order valence-corrected chi connectivity index (χ3v) is 4.50. The summed E-state index contributed by atoms with van der Waals surface area (Å²) in [4.78, 5) is 0. The van der Waals surface area contributed by atoms with Gasteiger partial charge in [0.05, 0.1) is 22.5 Å². The van der Waals surface area contributed by atoms with Crippen molar-refractivity contribution in [1.82, 2.24) is 9.78 Å². The van der Waals surface area contributed by atoms with Crippen LogP contribution >= 0.6 is 15.9 Å². The van der Waals surface area contributed by atoms with Gasteiger partial charge in [-0.3, -0.25) is 4.68 Å². The molecule has 4 heteroatoms. The molecule has 2 rings (SSSR count). The van der Waals surface area contributed by atoms with Crippen molar-refractivity contribution in [1.29, 1.82) is 0 Å². The highest BCUT2D eigenvalue weighted by atomic mass is 79.9. The number of hydrogen-bond donors (Lipinski definition) is 1. The summed E-state index contributed by atoms with van der Waals surface area (Å²) in [6, 6.07) is 0.280. The first-order valence-corrected chi connectivity index (χ1v) is 7.22. The van der Waals surface area contributed by atoms with E-state index in [2.05, 4.69) is 41.8 Å². The van der Waals surface area contributed by atoms with Crippen LogP contribution in [-0.2, 0) is 0 Å². The van der Waals surface area contributed by atoms with Gasteiger partial charge >= 0.3 is 0 Å². The lowest BCUT2D eigenvalue weighted by atomic mass is 9.90.